The Bertz CT molecular complexity index is 1360. The molecule has 33 heavy (non-hydrogen) atoms. The number of benzene rings is 1. The molecule has 9 heteroatoms. The Morgan fingerprint density at radius 1 is 1.21 bits per heavy atom. The summed E-state index contributed by atoms with van der Waals surface area (Å²) >= 11 is 0. The van der Waals surface area contributed by atoms with Crippen molar-refractivity contribution < 1.29 is 17.6 Å². The lowest BCUT2D eigenvalue weighted by atomic mass is 9.84. The van der Waals surface area contributed by atoms with Gasteiger partial charge in [-0.2, -0.15) is 0 Å². The largest absolute Gasteiger partial charge is 0.463 e. The van der Waals surface area contributed by atoms with Gasteiger partial charge in [0.15, 0.2) is 0 Å². The lowest BCUT2D eigenvalue weighted by molar-refractivity contribution is 0.0712. The van der Waals surface area contributed by atoms with Gasteiger partial charge < -0.3 is 14.3 Å². The molecule has 1 fully saturated rings. The smallest absolute Gasteiger partial charge is 0.257 e. The number of rotatable bonds is 4. The number of hydrogen-bond acceptors (Lipinski definition) is 5. The predicted molar refractivity (Wildman–Crippen MR) is 128 cm³/mol. The third-order valence-electron chi connectivity index (χ3n) is 6.00. The van der Waals surface area contributed by atoms with E-state index in [0.29, 0.717) is 48.0 Å². The molecule has 1 amide bonds. The van der Waals surface area contributed by atoms with E-state index in [4.69, 9.17) is 4.42 Å². The molecule has 4 rings (SSSR count). The minimum Gasteiger partial charge on any atom is -0.463 e. The van der Waals surface area contributed by atoms with Gasteiger partial charge in [0.2, 0.25) is 10.0 Å². The SMILES string of the molecule is CC(C)(C)c1cc(-c2ccc[nH]c2=O)cc2c(C(=O)N3CCC(NS(C)(=O)=O)CC3)coc12. The van der Waals surface area contributed by atoms with Crippen molar-refractivity contribution in [3.63, 3.8) is 0 Å². The van der Waals surface area contributed by atoms with E-state index in [1.54, 1.807) is 23.2 Å². The monoisotopic (exact) mass is 471 g/mol. The van der Waals surface area contributed by atoms with Crippen LogP contribution in [0.4, 0.5) is 0 Å². The number of furan rings is 1. The zero-order chi connectivity index (χ0) is 24.0. The number of nitrogens with one attached hydrogen (secondary N) is 2. The molecule has 0 spiro atoms. The normalized spacial score (nSPS) is 15.8. The first-order valence-electron chi connectivity index (χ1n) is 10.9. The molecule has 0 aliphatic carbocycles. The highest BCUT2D eigenvalue weighted by Gasteiger charge is 2.29. The lowest BCUT2D eigenvalue weighted by Gasteiger charge is -2.31. The number of fused-ring (bicyclic) bond motifs is 1. The van der Waals surface area contributed by atoms with E-state index in [0.717, 1.165) is 17.4 Å². The third kappa shape index (κ3) is 4.89. The molecule has 0 bridgehead atoms. The van der Waals surface area contributed by atoms with E-state index >= 15 is 0 Å². The van der Waals surface area contributed by atoms with E-state index in [1.807, 2.05) is 12.1 Å². The molecule has 0 radical (unpaired) electrons. The van der Waals surface area contributed by atoms with Crippen molar-refractivity contribution in [3.05, 3.63) is 58.2 Å². The van der Waals surface area contributed by atoms with Crippen LogP contribution in [0.3, 0.4) is 0 Å². The second kappa shape index (κ2) is 8.46. The van der Waals surface area contributed by atoms with Crippen molar-refractivity contribution in [2.24, 2.45) is 0 Å². The molecular formula is C24H29N3O5S. The van der Waals surface area contributed by atoms with Crippen molar-refractivity contribution >= 4 is 26.9 Å². The van der Waals surface area contributed by atoms with Crippen molar-refractivity contribution in [2.45, 2.75) is 45.1 Å². The molecule has 2 aromatic heterocycles. The highest BCUT2D eigenvalue weighted by molar-refractivity contribution is 7.88. The van der Waals surface area contributed by atoms with Gasteiger partial charge in [-0.3, -0.25) is 9.59 Å². The number of H-pyrrole nitrogens is 1. The number of carbonyl (C=O) groups is 1. The molecule has 1 aliphatic heterocycles. The molecule has 3 aromatic rings. The number of pyridine rings is 1. The van der Waals surface area contributed by atoms with Gasteiger partial charge in [0.05, 0.1) is 11.8 Å². The van der Waals surface area contributed by atoms with Gasteiger partial charge in [-0.15, -0.1) is 0 Å². The van der Waals surface area contributed by atoms with Crippen LogP contribution in [-0.2, 0) is 15.4 Å². The standard InChI is InChI=1S/C24H29N3O5S/c1-24(2,3)20-13-15(17-6-5-9-25-22(17)28)12-18-19(14-32-21(18)20)23(29)27-10-7-16(8-11-27)26-33(4,30)31/h5-6,9,12-14,16,26H,7-8,10-11H2,1-4H3,(H,25,28). The van der Waals surface area contributed by atoms with Gasteiger partial charge in [-0.05, 0) is 48.1 Å². The van der Waals surface area contributed by atoms with Crippen LogP contribution in [0.25, 0.3) is 22.1 Å². The van der Waals surface area contributed by atoms with Gasteiger partial charge in [0, 0.05) is 41.8 Å². The fraction of sp³-hybridized carbons (Fsp3) is 0.417. The second-order valence-corrected chi connectivity index (χ2v) is 11.4. The summed E-state index contributed by atoms with van der Waals surface area (Å²) in [5, 5.41) is 0.669. The molecule has 1 saturated heterocycles. The second-order valence-electron chi connectivity index (χ2n) is 9.67. The number of aromatic amines is 1. The topological polar surface area (TPSA) is 112 Å². The first-order valence-corrected chi connectivity index (χ1v) is 12.8. The summed E-state index contributed by atoms with van der Waals surface area (Å²) < 4.78 is 31.5. The number of likely N-dealkylation sites (tertiary alicyclic amines) is 1. The van der Waals surface area contributed by atoms with E-state index < -0.39 is 10.0 Å². The van der Waals surface area contributed by atoms with Crippen molar-refractivity contribution in [3.8, 4) is 11.1 Å². The Hall–Kier alpha value is -2.91. The molecule has 3 heterocycles. The number of piperidine rings is 1. The molecule has 0 unspecified atom stereocenters. The van der Waals surface area contributed by atoms with Gasteiger partial charge >= 0.3 is 0 Å². The van der Waals surface area contributed by atoms with E-state index in [9.17, 15) is 18.0 Å². The fourth-order valence-corrected chi connectivity index (χ4v) is 5.18. The minimum absolute atomic E-state index is 0.162. The number of amides is 1. The summed E-state index contributed by atoms with van der Waals surface area (Å²) in [4.78, 5) is 30.3. The zero-order valence-corrected chi connectivity index (χ0v) is 20.1. The maximum absolute atomic E-state index is 13.4. The number of carbonyl (C=O) groups excluding carboxylic acids is 1. The zero-order valence-electron chi connectivity index (χ0n) is 19.3. The predicted octanol–water partition coefficient (Wildman–Crippen LogP) is 3.24. The maximum atomic E-state index is 13.4. The first-order chi connectivity index (χ1) is 15.4. The van der Waals surface area contributed by atoms with Crippen LogP contribution in [-0.4, -0.2) is 49.6 Å². The maximum Gasteiger partial charge on any atom is 0.257 e. The summed E-state index contributed by atoms with van der Waals surface area (Å²) in [6.07, 6.45) is 5.31. The number of hydrogen-bond donors (Lipinski definition) is 2. The highest BCUT2D eigenvalue weighted by atomic mass is 32.2. The van der Waals surface area contributed by atoms with Gasteiger partial charge in [-0.25, -0.2) is 13.1 Å². The molecular weight excluding hydrogens is 442 g/mol. The van der Waals surface area contributed by atoms with Gasteiger partial charge in [0.1, 0.15) is 11.8 Å². The summed E-state index contributed by atoms with van der Waals surface area (Å²) in [5.41, 5.74) is 2.76. The molecule has 1 aromatic carbocycles. The van der Waals surface area contributed by atoms with Crippen LogP contribution in [0.15, 0.2) is 45.9 Å². The fourth-order valence-electron chi connectivity index (χ4n) is 4.34. The Morgan fingerprint density at radius 2 is 1.91 bits per heavy atom. The number of sulfonamides is 1. The first kappa shape index (κ1) is 23.3. The Labute approximate surface area is 193 Å². The number of aromatic nitrogens is 1. The third-order valence-corrected chi connectivity index (χ3v) is 6.77. The minimum atomic E-state index is -3.28. The highest BCUT2D eigenvalue weighted by Crippen LogP contribution is 2.37. The summed E-state index contributed by atoms with van der Waals surface area (Å²) in [5.74, 6) is -0.162. The Balaban J connectivity index is 1.72. The molecule has 176 valence electrons. The lowest BCUT2D eigenvalue weighted by Crippen LogP contribution is -2.46. The molecule has 0 saturated carbocycles. The van der Waals surface area contributed by atoms with Crippen LogP contribution in [0.2, 0.25) is 0 Å². The summed E-state index contributed by atoms with van der Waals surface area (Å²) in [7, 11) is -3.28. The van der Waals surface area contributed by atoms with Crippen LogP contribution < -0.4 is 10.3 Å². The summed E-state index contributed by atoms with van der Waals surface area (Å²) in [6, 6.07) is 7.15. The van der Waals surface area contributed by atoms with E-state index in [2.05, 4.69) is 30.5 Å². The quantitative estimate of drug-likeness (QED) is 0.607. The Kier molecular flexibility index (Phi) is 5.96. The van der Waals surface area contributed by atoms with E-state index in [-0.39, 0.29) is 22.9 Å². The van der Waals surface area contributed by atoms with Gasteiger partial charge in [0.25, 0.3) is 11.5 Å². The van der Waals surface area contributed by atoms with Gasteiger partial charge in [-0.1, -0.05) is 20.8 Å². The van der Waals surface area contributed by atoms with Crippen LogP contribution in [0, 0.1) is 0 Å². The molecule has 8 nitrogen and oxygen atoms in total. The molecule has 0 atom stereocenters. The van der Waals surface area contributed by atoms with Crippen molar-refractivity contribution in [2.75, 3.05) is 19.3 Å². The van der Waals surface area contributed by atoms with Crippen molar-refractivity contribution in [1.29, 1.82) is 0 Å². The van der Waals surface area contributed by atoms with Crippen LogP contribution >= 0.6 is 0 Å². The van der Waals surface area contributed by atoms with E-state index in [1.165, 1.54) is 6.26 Å². The van der Waals surface area contributed by atoms with Crippen molar-refractivity contribution in [1.82, 2.24) is 14.6 Å². The summed E-state index contributed by atoms with van der Waals surface area (Å²) in [6.45, 7) is 7.07. The average molecular weight is 472 g/mol. The Morgan fingerprint density at radius 3 is 2.52 bits per heavy atom. The average Bonchev–Trinajstić information content (AvgIpc) is 3.15. The molecule has 2 N–H and O–H groups in total. The molecule has 1 aliphatic rings. The van der Waals surface area contributed by atoms with Crippen LogP contribution in [0.1, 0.15) is 49.5 Å². The van der Waals surface area contributed by atoms with Crippen LogP contribution in [0.5, 0.6) is 0 Å². The number of nitrogens with zero attached hydrogens (tertiary/aromatic N) is 1.